The molecule has 0 aliphatic carbocycles. The SMILES string of the molecule is CN1CCN(c2ncc3ccccc3n2)C(CN)C1. The third kappa shape index (κ3) is 2.39. The molecule has 5 heteroatoms. The number of rotatable bonds is 2. The van der Waals surface area contributed by atoms with Crippen LogP contribution in [0.25, 0.3) is 10.9 Å². The molecule has 5 nitrogen and oxygen atoms in total. The molecule has 0 amide bonds. The molecule has 1 fully saturated rings. The minimum absolute atomic E-state index is 0.292. The predicted octanol–water partition coefficient (Wildman–Crippen LogP) is 0.709. The summed E-state index contributed by atoms with van der Waals surface area (Å²) in [6.07, 6.45) is 1.89. The first kappa shape index (κ1) is 12.3. The smallest absolute Gasteiger partial charge is 0.226 e. The Bertz CT molecular complexity index is 571. The number of piperazine rings is 1. The monoisotopic (exact) mass is 257 g/mol. The molecule has 0 spiro atoms. The van der Waals surface area contributed by atoms with Gasteiger partial charge in [0.25, 0.3) is 0 Å². The van der Waals surface area contributed by atoms with Crippen LogP contribution >= 0.6 is 0 Å². The Morgan fingerprint density at radius 3 is 3.00 bits per heavy atom. The Morgan fingerprint density at radius 2 is 2.16 bits per heavy atom. The van der Waals surface area contributed by atoms with Crippen LogP contribution in [0.4, 0.5) is 5.95 Å². The van der Waals surface area contributed by atoms with Crippen LogP contribution in [0.1, 0.15) is 0 Å². The lowest BCUT2D eigenvalue weighted by atomic mass is 10.2. The number of fused-ring (bicyclic) bond motifs is 1. The molecule has 1 atom stereocenters. The van der Waals surface area contributed by atoms with Crippen molar-refractivity contribution < 1.29 is 0 Å². The van der Waals surface area contributed by atoms with Crippen molar-refractivity contribution in [2.45, 2.75) is 6.04 Å². The molecule has 1 unspecified atom stereocenters. The Balaban J connectivity index is 1.94. The zero-order valence-corrected chi connectivity index (χ0v) is 11.2. The number of aromatic nitrogens is 2. The predicted molar refractivity (Wildman–Crippen MR) is 77.2 cm³/mol. The van der Waals surface area contributed by atoms with Crippen LogP contribution in [0, 0.1) is 0 Å². The van der Waals surface area contributed by atoms with Gasteiger partial charge in [-0.05, 0) is 13.1 Å². The fourth-order valence-corrected chi connectivity index (χ4v) is 2.58. The van der Waals surface area contributed by atoms with Gasteiger partial charge >= 0.3 is 0 Å². The Hall–Kier alpha value is -1.72. The van der Waals surface area contributed by atoms with Gasteiger partial charge in [0, 0.05) is 37.8 Å². The quantitative estimate of drug-likeness (QED) is 0.858. The number of nitrogens with two attached hydrogens (primary N) is 1. The third-order valence-corrected chi connectivity index (χ3v) is 3.69. The van der Waals surface area contributed by atoms with Crippen LogP contribution in [-0.4, -0.2) is 54.1 Å². The molecule has 3 rings (SSSR count). The van der Waals surface area contributed by atoms with E-state index in [4.69, 9.17) is 5.73 Å². The summed E-state index contributed by atoms with van der Waals surface area (Å²) in [6.45, 7) is 3.54. The van der Waals surface area contributed by atoms with E-state index in [1.54, 1.807) is 0 Å². The largest absolute Gasteiger partial charge is 0.334 e. The fourth-order valence-electron chi connectivity index (χ4n) is 2.58. The van der Waals surface area contributed by atoms with Gasteiger partial charge in [-0.2, -0.15) is 0 Å². The van der Waals surface area contributed by atoms with E-state index in [1.165, 1.54) is 0 Å². The van der Waals surface area contributed by atoms with Gasteiger partial charge in [-0.15, -0.1) is 0 Å². The summed E-state index contributed by atoms with van der Waals surface area (Å²) in [5.74, 6) is 0.794. The van der Waals surface area contributed by atoms with Crippen molar-refractivity contribution in [1.82, 2.24) is 14.9 Å². The average molecular weight is 257 g/mol. The van der Waals surface area contributed by atoms with Gasteiger partial charge in [-0.3, -0.25) is 0 Å². The molecule has 2 heterocycles. The standard InChI is InChI=1S/C14H19N5/c1-18-6-7-19(12(8-15)10-18)14-16-9-11-4-2-3-5-13(11)17-14/h2-5,9,12H,6-8,10,15H2,1H3. The molecule has 1 aromatic heterocycles. The van der Waals surface area contributed by atoms with Gasteiger partial charge in [-0.1, -0.05) is 18.2 Å². The van der Waals surface area contributed by atoms with Crippen molar-refractivity contribution >= 4 is 16.9 Å². The summed E-state index contributed by atoms with van der Waals surface area (Å²) >= 11 is 0. The maximum absolute atomic E-state index is 5.88. The van der Waals surface area contributed by atoms with E-state index in [9.17, 15) is 0 Å². The molecule has 0 bridgehead atoms. The first-order valence-electron chi connectivity index (χ1n) is 6.65. The maximum Gasteiger partial charge on any atom is 0.226 e. The van der Waals surface area contributed by atoms with Gasteiger partial charge in [0.1, 0.15) is 0 Å². The minimum Gasteiger partial charge on any atom is -0.334 e. The number of nitrogens with zero attached hydrogens (tertiary/aromatic N) is 4. The van der Waals surface area contributed by atoms with Gasteiger partial charge < -0.3 is 15.5 Å². The summed E-state index contributed by atoms with van der Waals surface area (Å²) in [5, 5.41) is 1.07. The van der Waals surface area contributed by atoms with E-state index in [0.717, 1.165) is 36.5 Å². The first-order valence-corrected chi connectivity index (χ1v) is 6.65. The molecule has 0 radical (unpaired) electrons. The Labute approximate surface area is 113 Å². The molecule has 0 saturated carbocycles. The molecule has 19 heavy (non-hydrogen) atoms. The lowest BCUT2D eigenvalue weighted by Gasteiger charge is -2.39. The highest BCUT2D eigenvalue weighted by Gasteiger charge is 2.26. The van der Waals surface area contributed by atoms with Crippen LogP contribution in [0.2, 0.25) is 0 Å². The number of hydrogen-bond donors (Lipinski definition) is 1. The van der Waals surface area contributed by atoms with Crippen molar-refractivity contribution in [3.63, 3.8) is 0 Å². The van der Waals surface area contributed by atoms with Gasteiger partial charge in [0.15, 0.2) is 0 Å². The molecular weight excluding hydrogens is 238 g/mol. The molecule has 1 saturated heterocycles. The topological polar surface area (TPSA) is 58.3 Å². The summed E-state index contributed by atoms with van der Waals surface area (Å²) in [7, 11) is 2.13. The molecule has 1 aliphatic rings. The van der Waals surface area contributed by atoms with E-state index in [2.05, 4.69) is 26.8 Å². The Morgan fingerprint density at radius 1 is 1.32 bits per heavy atom. The first-order chi connectivity index (χ1) is 9.28. The molecule has 2 aromatic rings. The molecule has 100 valence electrons. The normalized spacial score (nSPS) is 20.9. The fraction of sp³-hybridized carbons (Fsp3) is 0.429. The van der Waals surface area contributed by atoms with Crippen molar-refractivity contribution in [2.75, 3.05) is 38.1 Å². The van der Waals surface area contributed by atoms with Gasteiger partial charge in [0.2, 0.25) is 5.95 Å². The van der Waals surface area contributed by atoms with Crippen LogP contribution in [0.5, 0.6) is 0 Å². The highest BCUT2D eigenvalue weighted by atomic mass is 15.3. The Kier molecular flexibility index (Phi) is 3.31. The average Bonchev–Trinajstić information content (AvgIpc) is 2.46. The second-order valence-electron chi connectivity index (χ2n) is 5.07. The third-order valence-electron chi connectivity index (χ3n) is 3.69. The highest BCUT2D eigenvalue weighted by molar-refractivity contribution is 5.78. The van der Waals surface area contributed by atoms with Gasteiger partial charge in [0.05, 0.1) is 11.6 Å². The van der Waals surface area contributed by atoms with E-state index < -0.39 is 0 Å². The summed E-state index contributed by atoms with van der Waals surface area (Å²) < 4.78 is 0. The van der Waals surface area contributed by atoms with Crippen LogP contribution in [0.15, 0.2) is 30.5 Å². The number of benzene rings is 1. The number of likely N-dealkylation sites (N-methyl/N-ethyl adjacent to an activating group) is 1. The van der Waals surface area contributed by atoms with Crippen molar-refractivity contribution in [1.29, 1.82) is 0 Å². The maximum atomic E-state index is 5.88. The van der Waals surface area contributed by atoms with E-state index >= 15 is 0 Å². The van der Waals surface area contributed by atoms with Crippen LogP contribution in [0.3, 0.4) is 0 Å². The number of hydrogen-bond acceptors (Lipinski definition) is 5. The van der Waals surface area contributed by atoms with Crippen molar-refractivity contribution in [3.05, 3.63) is 30.5 Å². The molecule has 1 aromatic carbocycles. The van der Waals surface area contributed by atoms with E-state index in [0.29, 0.717) is 12.6 Å². The lowest BCUT2D eigenvalue weighted by molar-refractivity contribution is 0.268. The van der Waals surface area contributed by atoms with E-state index in [1.807, 2.05) is 30.5 Å². The van der Waals surface area contributed by atoms with Crippen molar-refractivity contribution in [2.24, 2.45) is 5.73 Å². The van der Waals surface area contributed by atoms with Crippen LogP contribution in [-0.2, 0) is 0 Å². The van der Waals surface area contributed by atoms with Gasteiger partial charge in [-0.25, -0.2) is 9.97 Å². The molecular formula is C14H19N5. The zero-order valence-electron chi connectivity index (χ0n) is 11.2. The summed E-state index contributed by atoms with van der Waals surface area (Å²) in [5.41, 5.74) is 6.87. The number of anilines is 1. The van der Waals surface area contributed by atoms with E-state index in [-0.39, 0.29) is 0 Å². The summed E-state index contributed by atoms with van der Waals surface area (Å²) in [4.78, 5) is 13.7. The number of para-hydroxylation sites is 1. The summed E-state index contributed by atoms with van der Waals surface area (Å²) in [6, 6.07) is 8.35. The zero-order chi connectivity index (χ0) is 13.2. The van der Waals surface area contributed by atoms with Crippen LogP contribution < -0.4 is 10.6 Å². The second-order valence-corrected chi connectivity index (χ2v) is 5.07. The van der Waals surface area contributed by atoms with Crippen molar-refractivity contribution in [3.8, 4) is 0 Å². The minimum atomic E-state index is 0.292. The molecule has 2 N–H and O–H groups in total. The highest BCUT2D eigenvalue weighted by Crippen LogP contribution is 2.18. The lowest BCUT2D eigenvalue weighted by Crippen LogP contribution is -2.55. The molecule has 1 aliphatic heterocycles. The second kappa shape index (κ2) is 5.11.